The van der Waals surface area contributed by atoms with Crippen molar-refractivity contribution in [3.63, 3.8) is 0 Å². The van der Waals surface area contributed by atoms with Gasteiger partial charge in [0.1, 0.15) is 17.3 Å². The summed E-state index contributed by atoms with van der Waals surface area (Å²) in [7, 11) is 0. The van der Waals surface area contributed by atoms with Gasteiger partial charge in [-0.15, -0.1) is 0 Å². The fraction of sp³-hybridized carbons (Fsp3) is 0.217. The standard InChI is InChI=1S/C23H23N5O2.2H2/c24-22-18(9-5-12-25-22)21(29)19-10-4-11-20(26-19)27-13-6-14-28(16-15-27)23(30)17-7-2-1-3-8-17;;/h1-5,7-12H,6,13-16H2,(H2,24,25);2*1H. The summed E-state index contributed by atoms with van der Waals surface area (Å²) in [6.07, 6.45) is 2.38. The SMILES string of the molecule is Nc1ncccc1C(=O)c1cccc(N2CCCN(C(=O)c3ccccc3)CC2)n1.[HH].[HH]. The number of benzene rings is 1. The molecule has 1 amide bonds. The summed E-state index contributed by atoms with van der Waals surface area (Å²) in [4.78, 5) is 38.1. The Balaban J connectivity index is 0.00000181. The van der Waals surface area contributed by atoms with Crippen molar-refractivity contribution in [2.75, 3.05) is 36.8 Å². The van der Waals surface area contributed by atoms with E-state index in [2.05, 4.69) is 14.9 Å². The first-order valence-electron chi connectivity index (χ1n) is 9.95. The molecule has 1 aromatic carbocycles. The minimum Gasteiger partial charge on any atom is -0.383 e. The molecule has 4 rings (SSSR count). The first-order valence-corrected chi connectivity index (χ1v) is 9.95. The van der Waals surface area contributed by atoms with Crippen LogP contribution in [0, 0.1) is 0 Å². The molecule has 0 spiro atoms. The lowest BCUT2D eigenvalue weighted by atomic mass is 10.1. The van der Waals surface area contributed by atoms with Crippen LogP contribution in [0.3, 0.4) is 0 Å². The zero-order valence-corrected chi connectivity index (χ0v) is 16.6. The highest BCUT2D eigenvalue weighted by Crippen LogP contribution is 2.19. The summed E-state index contributed by atoms with van der Waals surface area (Å²) in [5.74, 6) is 0.705. The minimum atomic E-state index is -0.252. The average Bonchev–Trinajstić information content (AvgIpc) is 3.05. The van der Waals surface area contributed by atoms with Gasteiger partial charge >= 0.3 is 0 Å². The Bertz CT molecular complexity index is 1070. The van der Waals surface area contributed by atoms with Crippen molar-refractivity contribution in [3.05, 3.63) is 83.7 Å². The van der Waals surface area contributed by atoms with Gasteiger partial charge in [-0.2, -0.15) is 0 Å². The third kappa shape index (κ3) is 4.15. The van der Waals surface area contributed by atoms with Crippen molar-refractivity contribution in [3.8, 4) is 0 Å². The van der Waals surface area contributed by atoms with Crippen molar-refractivity contribution in [2.24, 2.45) is 0 Å². The molecule has 0 unspecified atom stereocenters. The van der Waals surface area contributed by atoms with E-state index in [4.69, 9.17) is 5.73 Å². The zero-order chi connectivity index (χ0) is 20.9. The molecule has 3 heterocycles. The predicted molar refractivity (Wildman–Crippen MR) is 120 cm³/mol. The van der Waals surface area contributed by atoms with Crippen LogP contribution < -0.4 is 10.6 Å². The minimum absolute atomic E-state index is 0. The first kappa shape index (κ1) is 19.6. The molecule has 1 saturated heterocycles. The molecule has 0 aliphatic carbocycles. The highest BCUT2D eigenvalue weighted by Gasteiger charge is 2.22. The second kappa shape index (κ2) is 8.73. The van der Waals surface area contributed by atoms with E-state index in [1.165, 1.54) is 0 Å². The van der Waals surface area contributed by atoms with Crippen LogP contribution >= 0.6 is 0 Å². The van der Waals surface area contributed by atoms with Gasteiger partial charge in [0, 0.05) is 40.8 Å². The van der Waals surface area contributed by atoms with Gasteiger partial charge < -0.3 is 15.5 Å². The van der Waals surface area contributed by atoms with E-state index in [9.17, 15) is 9.59 Å². The molecule has 1 aliphatic rings. The van der Waals surface area contributed by atoms with Crippen LogP contribution in [0.25, 0.3) is 0 Å². The van der Waals surface area contributed by atoms with Crippen molar-refractivity contribution in [1.29, 1.82) is 0 Å². The second-order valence-electron chi connectivity index (χ2n) is 7.15. The van der Waals surface area contributed by atoms with Crippen LogP contribution in [0.2, 0.25) is 0 Å². The topological polar surface area (TPSA) is 92.4 Å². The molecular formula is C23H27N5O2. The molecule has 0 saturated carbocycles. The van der Waals surface area contributed by atoms with E-state index in [-0.39, 0.29) is 20.4 Å². The van der Waals surface area contributed by atoms with Gasteiger partial charge in [-0.1, -0.05) is 24.3 Å². The number of hydrogen-bond donors (Lipinski definition) is 1. The number of amides is 1. The summed E-state index contributed by atoms with van der Waals surface area (Å²) < 4.78 is 0. The van der Waals surface area contributed by atoms with Gasteiger partial charge in [0.05, 0.1) is 5.56 Å². The van der Waals surface area contributed by atoms with Gasteiger partial charge in [-0.05, 0) is 42.8 Å². The van der Waals surface area contributed by atoms with E-state index in [0.29, 0.717) is 36.5 Å². The molecule has 0 atom stereocenters. The summed E-state index contributed by atoms with van der Waals surface area (Å²) in [5, 5.41) is 0. The summed E-state index contributed by atoms with van der Waals surface area (Å²) >= 11 is 0. The van der Waals surface area contributed by atoms with E-state index < -0.39 is 0 Å². The molecule has 1 fully saturated rings. The molecule has 7 nitrogen and oxygen atoms in total. The van der Waals surface area contributed by atoms with Crippen molar-refractivity contribution < 1.29 is 12.4 Å². The third-order valence-electron chi connectivity index (χ3n) is 5.18. The number of hydrogen-bond acceptors (Lipinski definition) is 6. The smallest absolute Gasteiger partial charge is 0.253 e. The molecule has 7 heteroatoms. The van der Waals surface area contributed by atoms with Crippen molar-refractivity contribution in [2.45, 2.75) is 6.42 Å². The lowest BCUT2D eigenvalue weighted by Crippen LogP contribution is -2.35. The van der Waals surface area contributed by atoms with Gasteiger partial charge in [-0.3, -0.25) is 9.59 Å². The summed E-state index contributed by atoms with van der Waals surface area (Å²) in [6, 6.07) is 18.0. The molecule has 0 radical (unpaired) electrons. The number of anilines is 2. The third-order valence-corrected chi connectivity index (χ3v) is 5.18. The molecular weight excluding hydrogens is 378 g/mol. The normalized spacial score (nSPS) is 14.3. The first-order chi connectivity index (χ1) is 14.6. The Morgan fingerprint density at radius 2 is 1.73 bits per heavy atom. The Labute approximate surface area is 178 Å². The van der Waals surface area contributed by atoms with Crippen LogP contribution in [0.5, 0.6) is 0 Å². The molecule has 3 aromatic rings. The maximum absolute atomic E-state index is 12.8. The van der Waals surface area contributed by atoms with Crippen LogP contribution in [0.15, 0.2) is 66.9 Å². The lowest BCUT2D eigenvalue weighted by Gasteiger charge is -2.23. The van der Waals surface area contributed by atoms with Crippen LogP contribution in [-0.4, -0.2) is 52.7 Å². The molecule has 0 bridgehead atoms. The van der Waals surface area contributed by atoms with E-state index in [1.807, 2.05) is 47.4 Å². The zero-order valence-electron chi connectivity index (χ0n) is 16.6. The molecule has 30 heavy (non-hydrogen) atoms. The van der Waals surface area contributed by atoms with Gasteiger partial charge in [0.2, 0.25) is 5.78 Å². The van der Waals surface area contributed by atoms with Gasteiger partial charge in [0.15, 0.2) is 0 Å². The number of nitrogens with two attached hydrogens (primary N) is 1. The van der Waals surface area contributed by atoms with E-state index in [1.54, 1.807) is 24.4 Å². The number of aromatic nitrogens is 2. The van der Waals surface area contributed by atoms with E-state index in [0.717, 1.165) is 18.8 Å². The summed E-state index contributed by atoms with van der Waals surface area (Å²) in [6.45, 7) is 2.70. The largest absolute Gasteiger partial charge is 0.383 e. The van der Waals surface area contributed by atoms with Crippen LogP contribution in [0.1, 0.15) is 35.7 Å². The number of carbonyl (C=O) groups excluding carboxylic acids is 2. The molecule has 1 aliphatic heterocycles. The maximum Gasteiger partial charge on any atom is 0.253 e. The summed E-state index contributed by atoms with van der Waals surface area (Å²) in [5.41, 5.74) is 7.22. The van der Waals surface area contributed by atoms with Crippen molar-refractivity contribution in [1.82, 2.24) is 14.9 Å². The highest BCUT2D eigenvalue weighted by molar-refractivity contribution is 6.10. The Morgan fingerprint density at radius 1 is 0.900 bits per heavy atom. The highest BCUT2D eigenvalue weighted by atomic mass is 16.2. The van der Waals surface area contributed by atoms with Crippen LogP contribution in [-0.2, 0) is 0 Å². The van der Waals surface area contributed by atoms with Gasteiger partial charge in [0.25, 0.3) is 5.91 Å². The quantitative estimate of drug-likeness (QED) is 0.671. The fourth-order valence-corrected chi connectivity index (χ4v) is 3.59. The lowest BCUT2D eigenvalue weighted by molar-refractivity contribution is 0.0767. The second-order valence-corrected chi connectivity index (χ2v) is 7.15. The Kier molecular flexibility index (Phi) is 5.70. The number of nitrogen functional groups attached to an aromatic ring is 1. The Morgan fingerprint density at radius 3 is 2.53 bits per heavy atom. The predicted octanol–water partition coefficient (Wildman–Crippen LogP) is 3.13. The number of pyridine rings is 2. The van der Waals surface area contributed by atoms with Crippen molar-refractivity contribution >= 4 is 23.3 Å². The van der Waals surface area contributed by atoms with Crippen LogP contribution in [0.4, 0.5) is 11.6 Å². The number of ketones is 1. The number of carbonyl (C=O) groups is 2. The van der Waals surface area contributed by atoms with Gasteiger partial charge in [-0.25, -0.2) is 9.97 Å². The monoisotopic (exact) mass is 405 g/mol. The molecule has 2 N–H and O–H groups in total. The molecule has 156 valence electrons. The number of rotatable bonds is 4. The molecule has 2 aromatic heterocycles. The Hall–Kier alpha value is -3.74. The maximum atomic E-state index is 12.8. The van der Waals surface area contributed by atoms with E-state index >= 15 is 0 Å². The fourth-order valence-electron chi connectivity index (χ4n) is 3.59. The average molecular weight is 406 g/mol. The number of nitrogens with zero attached hydrogens (tertiary/aromatic N) is 4.